The van der Waals surface area contributed by atoms with Crippen LogP contribution in [0, 0.1) is 0 Å². The number of pyridine rings is 2. The molecule has 0 amide bonds. The quantitative estimate of drug-likeness (QED) is 0.195. The second kappa shape index (κ2) is 12.4. The average Bonchev–Trinajstić information content (AvgIpc) is 3.58. The molecule has 8 nitrogen and oxygen atoms in total. The van der Waals surface area contributed by atoms with Crippen molar-refractivity contribution in [2.75, 3.05) is 36.4 Å². The molecule has 2 aliphatic rings. The van der Waals surface area contributed by atoms with Gasteiger partial charge >= 0.3 is 0 Å². The molecule has 0 radical (unpaired) electrons. The molecule has 1 unspecified atom stereocenters. The van der Waals surface area contributed by atoms with E-state index in [0.717, 1.165) is 36.6 Å². The Labute approximate surface area is 282 Å². The van der Waals surface area contributed by atoms with E-state index in [1.807, 2.05) is 48.5 Å². The second-order valence-corrected chi connectivity index (χ2v) is 12.8. The van der Waals surface area contributed by atoms with Crippen molar-refractivity contribution in [1.29, 1.82) is 0 Å². The van der Waals surface area contributed by atoms with Crippen LogP contribution in [-0.4, -0.2) is 56.6 Å². The first kappa shape index (κ1) is 29.6. The second-order valence-electron chi connectivity index (χ2n) is 12.0. The Bertz CT molecular complexity index is 2120. The molecule has 10 heteroatoms. The lowest BCUT2D eigenvalue weighted by Gasteiger charge is -2.38. The summed E-state index contributed by atoms with van der Waals surface area (Å²) < 4.78 is 1.59. The number of halogens is 2. The third-order valence-corrected chi connectivity index (χ3v) is 9.70. The molecular weight excluding hydrogens is 629 g/mol. The lowest BCUT2D eigenvalue weighted by Crippen LogP contribution is -2.50. The minimum Gasteiger partial charge on any atom is -0.369 e. The number of nitrogens with one attached hydrogen (secondary N) is 1. The predicted octanol–water partition coefficient (Wildman–Crippen LogP) is 7.84. The summed E-state index contributed by atoms with van der Waals surface area (Å²) in [7, 11) is 0. The van der Waals surface area contributed by atoms with Crippen LogP contribution in [0.1, 0.15) is 12.8 Å². The number of nitrogens with zero attached hydrogens (tertiary/aromatic N) is 6. The highest BCUT2D eigenvalue weighted by Crippen LogP contribution is 2.38. The van der Waals surface area contributed by atoms with Crippen LogP contribution in [0.2, 0.25) is 10.0 Å². The normalized spacial score (nSPS) is 16.4. The van der Waals surface area contributed by atoms with Gasteiger partial charge in [0.05, 0.1) is 27.0 Å². The molecule has 3 aromatic carbocycles. The summed E-state index contributed by atoms with van der Waals surface area (Å²) in [5.41, 5.74) is 5.21. The van der Waals surface area contributed by atoms with Gasteiger partial charge in [-0.3, -0.25) is 19.2 Å². The topological polar surface area (TPSA) is 79.2 Å². The van der Waals surface area contributed by atoms with Crippen LogP contribution in [-0.2, 0) is 0 Å². The average molecular weight is 661 g/mol. The maximum Gasteiger partial charge on any atom is 0.264 e. The molecule has 1 atom stereocenters. The van der Waals surface area contributed by atoms with Crippen molar-refractivity contribution in [1.82, 2.24) is 24.4 Å². The van der Waals surface area contributed by atoms with E-state index < -0.39 is 0 Å². The van der Waals surface area contributed by atoms with Crippen molar-refractivity contribution < 1.29 is 0 Å². The van der Waals surface area contributed by atoms with Gasteiger partial charge in [-0.25, -0.2) is 4.98 Å². The molecule has 0 spiro atoms. The molecule has 0 aliphatic carbocycles. The number of benzene rings is 3. The first-order chi connectivity index (χ1) is 23.0. The lowest BCUT2D eigenvalue weighted by atomic mass is 10.0. The Morgan fingerprint density at radius 2 is 1.60 bits per heavy atom. The standard InChI is InChI=1S/C37H31Cl2N7O/c38-31-20-24(33-10-4-5-15-40-33)21-32(39)34(31)30-19-25-22-41-37(43-35(25)46(36(30)47)28-7-2-1-3-8-28)42-26-11-13-27(14-12-26)45-18-17-44-16-6-9-29(44)23-45/h1-5,7-8,10-15,19-22,29H,6,9,16-18,23H2,(H,41,42,43). The number of piperazine rings is 1. The highest BCUT2D eigenvalue weighted by Gasteiger charge is 2.30. The highest BCUT2D eigenvalue weighted by atomic mass is 35.5. The molecule has 8 rings (SSSR count). The minimum absolute atomic E-state index is 0.297. The fourth-order valence-electron chi connectivity index (χ4n) is 6.78. The molecular formula is C37H31Cl2N7O. The van der Waals surface area contributed by atoms with Crippen LogP contribution < -0.4 is 15.8 Å². The zero-order valence-corrected chi connectivity index (χ0v) is 27.0. The fourth-order valence-corrected chi connectivity index (χ4v) is 7.47. The Balaban J connectivity index is 1.15. The number of hydrogen-bond acceptors (Lipinski definition) is 7. The van der Waals surface area contributed by atoms with Gasteiger partial charge in [0.25, 0.3) is 5.56 Å². The highest BCUT2D eigenvalue weighted by molar-refractivity contribution is 6.39. The summed E-state index contributed by atoms with van der Waals surface area (Å²) in [6, 6.07) is 29.4. The maximum absolute atomic E-state index is 14.3. The summed E-state index contributed by atoms with van der Waals surface area (Å²) in [5.74, 6) is 0.387. The largest absolute Gasteiger partial charge is 0.369 e. The minimum atomic E-state index is -0.297. The molecule has 2 fully saturated rings. The van der Waals surface area contributed by atoms with Crippen molar-refractivity contribution in [2.24, 2.45) is 0 Å². The smallest absolute Gasteiger partial charge is 0.264 e. The van der Waals surface area contributed by atoms with E-state index in [0.29, 0.717) is 49.9 Å². The Hall–Kier alpha value is -4.76. The fraction of sp³-hybridized carbons (Fsp3) is 0.189. The summed E-state index contributed by atoms with van der Waals surface area (Å²) in [6.07, 6.45) is 6.01. The molecule has 234 valence electrons. The van der Waals surface area contributed by atoms with E-state index >= 15 is 0 Å². The predicted molar refractivity (Wildman–Crippen MR) is 190 cm³/mol. The molecule has 1 N–H and O–H groups in total. The van der Waals surface area contributed by atoms with E-state index in [9.17, 15) is 4.79 Å². The number of anilines is 3. The summed E-state index contributed by atoms with van der Waals surface area (Å²) in [4.78, 5) is 33.3. The first-order valence-electron chi connectivity index (χ1n) is 15.8. The van der Waals surface area contributed by atoms with Crippen molar-refractivity contribution >= 4 is 51.6 Å². The van der Waals surface area contributed by atoms with E-state index in [-0.39, 0.29) is 5.56 Å². The number of rotatable bonds is 6. The van der Waals surface area contributed by atoms with Crippen LogP contribution in [0.5, 0.6) is 0 Å². The molecule has 2 aliphatic heterocycles. The molecule has 47 heavy (non-hydrogen) atoms. The van der Waals surface area contributed by atoms with Crippen molar-refractivity contribution in [2.45, 2.75) is 18.9 Å². The summed E-state index contributed by atoms with van der Waals surface area (Å²) >= 11 is 13.7. The third kappa shape index (κ3) is 5.73. The number of fused-ring (bicyclic) bond motifs is 2. The molecule has 2 saturated heterocycles. The summed E-state index contributed by atoms with van der Waals surface area (Å²) in [5, 5.41) is 4.70. The Morgan fingerprint density at radius 1 is 0.809 bits per heavy atom. The van der Waals surface area contributed by atoms with Crippen molar-refractivity contribution in [3.05, 3.63) is 124 Å². The van der Waals surface area contributed by atoms with Crippen molar-refractivity contribution in [3.63, 3.8) is 0 Å². The number of para-hydroxylation sites is 1. The van der Waals surface area contributed by atoms with Gasteiger partial charge in [-0.1, -0.05) is 47.5 Å². The zero-order chi connectivity index (χ0) is 31.9. The van der Waals surface area contributed by atoms with Crippen LogP contribution >= 0.6 is 23.2 Å². The first-order valence-corrected chi connectivity index (χ1v) is 16.5. The van der Waals surface area contributed by atoms with Gasteiger partial charge in [-0.05, 0) is 86.1 Å². The molecule has 0 saturated carbocycles. The van der Waals surface area contributed by atoms with Gasteiger partial charge in [0.2, 0.25) is 5.95 Å². The number of hydrogen-bond donors (Lipinski definition) is 1. The van der Waals surface area contributed by atoms with E-state index in [2.05, 4.69) is 49.4 Å². The SMILES string of the molecule is O=c1c(-c2c(Cl)cc(-c3ccccn3)cc2Cl)cc2cnc(Nc3ccc(N4CCN5CCCC5C4)cc3)nc2n1-c1ccccc1. The van der Waals surface area contributed by atoms with Crippen molar-refractivity contribution in [3.8, 4) is 28.1 Å². The zero-order valence-electron chi connectivity index (χ0n) is 25.5. The Morgan fingerprint density at radius 3 is 2.36 bits per heavy atom. The van der Waals surface area contributed by atoms with Crippen LogP contribution in [0.3, 0.4) is 0 Å². The van der Waals surface area contributed by atoms with Gasteiger partial charge in [0.15, 0.2) is 5.65 Å². The van der Waals surface area contributed by atoms with Crippen LogP contribution in [0.4, 0.5) is 17.3 Å². The third-order valence-electron chi connectivity index (χ3n) is 9.10. The summed E-state index contributed by atoms with van der Waals surface area (Å²) in [6.45, 7) is 4.47. The van der Waals surface area contributed by atoms with Gasteiger partial charge < -0.3 is 10.2 Å². The molecule has 6 aromatic rings. The maximum atomic E-state index is 14.3. The van der Waals surface area contributed by atoms with Gasteiger partial charge in [-0.15, -0.1) is 0 Å². The van der Waals surface area contributed by atoms with E-state index in [1.165, 1.54) is 25.1 Å². The molecule has 3 aromatic heterocycles. The van der Waals surface area contributed by atoms with Gasteiger partial charge in [0, 0.05) is 66.0 Å². The van der Waals surface area contributed by atoms with E-state index in [1.54, 1.807) is 35.2 Å². The van der Waals surface area contributed by atoms with Crippen LogP contribution in [0.15, 0.2) is 108 Å². The monoisotopic (exact) mass is 659 g/mol. The van der Waals surface area contributed by atoms with Gasteiger partial charge in [-0.2, -0.15) is 4.98 Å². The molecule has 5 heterocycles. The molecule has 0 bridgehead atoms. The van der Waals surface area contributed by atoms with Crippen LogP contribution in [0.25, 0.3) is 39.1 Å². The number of aromatic nitrogens is 4. The van der Waals surface area contributed by atoms with E-state index in [4.69, 9.17) is 28.2 Å². The lowest BCUT2D eigenvalue weighted by molar-refractivity contribution is 0.231. The Kier molecular flexibility index (Phi) is 7.85. The van der Waals surface area contributed by atoms with Gasteiger partial charge in [0.1, 0.15) is 0 Å².